The maximum Gasteiger partial charge on any atom is 0.314 e. The van der Waals surface area contributed by atoms with Crippen molar-refractivity contribution in [3.05, 3.63) is 28.3 Å². The lowest BCUT2D eigenvalue weighted by Crippen LogP contribution is -2.26. The molecular formula is C9H12N4O3. The van der Waals surface area contributed by atoms with Crippen LogP contribution in [0.2, 0.25) is 0 Å². The van der Waals surface area contributed by atoms with Gasteiger partial charge in [0, 0.05) is 7.05 Å². The summed E-state index contributed by atoms with van der Waals surface area (Å²) in [6, 6.07) is 4.51. The Morgan fingerprint density at radius 3 is 2.81 bits per heavy atom. The number of anilines is 2. The Morgan fingerprint density at radius 1 is 1.56 bits per heavy atom. The van der Waals surface area contributed by atoms with Gasteiger partial charge in [-0.05, 0) is 12.1 Å². The summed E-state index contributed by atoms with van der Waals surface area (Å²) in [7, 11) is 1.48. The number of hydrogen-bond donors (Lipinski definition) is 3. The van der Waals surface area contributed by atoms with Gasteiger partial charge in [0.05, 0.1) is 11.5 Å². The van der Waals surface area contributed by atoms with Crippen molar-refractivity contribution in [3.8, 4) is 0 Å². The minimum Gasteiger partial charge on any atom is -0.393 e. The monoisotopic (exact) mass is 224 g/mol. The van der Waals surface area contributed by atoms with E-state index >= 15 is 0 Å². The van der Waals surface area contributed by atoms with Crippen LogP contribution in [0.4, 0.5) is 17.1 Å². The van der Waals surface area contributed by atoms with Crippen LogP contribution in [0, 0.1) is 10.1 Å². The van der Waals surface area contributed by atoms with E-state index in [-0.39, 0.29) is 29.5 Å². The number of benzene rings is 1. The van der Waals surface area contributed by atoms with Crippen LogP contribution in [0.1, 0.15) is 0 Å². The fraction of sp³-hybridized carbons (Fsp3) is 0.222. The Morgan fingerprint density at radius 2 is 2.25 bits per heavy atom. The normalized spacial score (nSPS) is 9.56. The third-order valence-electron chi connectivity index (χ3n) is 1.97. The number of nitro benzene ring substituents is 1. The quantitative estimate of drug-likeness (QED) is 0.388. The van der Waals surface area contributed by atoms with Crippen molar-refractivity contribution in [2.45, 2.75) is 0 Å². The molecule has 7 heteroatoms. The topological polar surface area (TPSA) is 110 Å². The first-order valence-corrected chi connectivity index (χ1v) is 4.53. The van der Waals surface area contributed by atoms with Gasteiger partial charge in [-0.15, -0.1) is 0 Å². The first-order valence-electron chi connectivity index (χ1n) is 4.53. The first kappa shape index (κ1) is 11.8. The van der Waals surface area contributed by atoms with Crippen molar-refractivity contribution in [2.24, 2.45) is 0 Å². The number of nitrogens with zero attached hydrogens (tertiary/aromatic N) is 1. The van der Waals surface area contributed by atoms with E-state index in [0.29, 0.717) is 0 Å². The lowest BCUT2D eigenvalue weighted by molar-refractivity contribution is -0.383. The molecule has 0 heterocycles. The Hall–Kier alpha value is -2.31. The molecule has 0 aliphatic heterocycles. The third-order valence-corrected chi connectivity index (χ3v) is 1.97. The highest BCUT2D eigenvalue weighted by atomic mass is 16.6. The van der Waals surface area contributed by atoms with E-state index < -0.39 is 4.92 Å². The highest BCUT2D eigenvalue weighted by molar-refractivity contribution is 5.83. The molecular weight excluding hydrogens is 212 g/mol. The van der Waals surface area contributed by atoms with Gasteiger partial charge in [0.1, 0.15) is 11.4 Å². The number of rotatable bonds is 4. The lowest BCUT2D eigenvalue weighted by Gasteiger charge is -2.07. The molecule has 1 amide bonds. The fourth-order valence-electron chi connectivity index (χ4n) is 1.17. The average molecular weight is 224 g/mol. The van der Waals surface area contributed by atoms with Crippen molar-refractivity contribution < 1.29 is 9.72 Å². The number of carbonyl (C=O) groups is 1. The molecule has 86 valence electrons. The predicted molar refractivity (Wildman–Crippen MR) is 60.1 cm³/mol. The Kier molecular flexibility index (Phi) is 3.65. The van der Waals surface area contributed by atoms with Gasteiger partial charge in [-0.1, -0.05) is 6.07 Å². The molecule has 0 saturated heterocycles. The molecule has 0 atom stereocenters. The molecule has 0 saturated carbocycles. The highest BCUT2D eigenvalue weighted by Gasteiger charge is 2.17. The van der Waals surface area contributed by atoms with E-state index in [0.717, 1.165) is 0 Å². The summed E-state index contributed by atoms with van der Waals surface area (Å²) in [4.78, 5) is 21.1. The van der Waals surface area contributed by atoms with E-state index in [1.807, 2.05) is 0 Å². The van der Waals surface area contributed by atoms with Crippen molar-refractivity contribution in [1.29, 1.82) is 0 Å². The molecule has 0 bridgehead atoms. The molecule has 1 aromatic rings. The SMILES string of the molecule is CNC(=O)CNc1cccc(N)c1[N+](=O)[O-]. The first-order chi connectivity index (χ1) is 7.56. The van der Waals surface area contributed by atoms with Crippen LogP contribution in [0.5, 0.6) is 0 Å². The van der Waals surface area contributed by atoms with Gasteiger partial charge in [-0.25, -0.2) is 0 Å². The Balaban J connectivity index is 2.91. The predicted octanol–water partition coefficient (Wildman–Crippen LogP) is 0.335. The minimum absolute atomic E-state index is 0.0409. The molecule has 0 radical (unpaired) electrons. The van der Waals surface area contributed by atoms with Crippen molar-refractivity contribution in [2.75, 3.05) is 24.6 Å². The molecule has 1 aromatic carbocycles. The number of nitrogen functional groups attached to an aromatic ring is 1. The van der Waals surface area contributed by atoms with Crippen LogP contribution >= 0.6 is 0 Å². The lowest BCUT2D eigenvalue weighted by atomic mass is 10.2. The van der Waals surface area contributed by atoms with Crippen molar-refractivity contribution in [3.63, 3.8) is 0 Å². The molecule has 0 spiro atoms. The standard InChI is InChI=1S/C9H12N4O3/c1-11-8(14)5-12-7-4-2-3-6(10)9(7)13(15)16/h2-4,12H,5,10H2,1H3,(H,11,14). The van der Waals surface area contributed by atoms with Gasteiger partial charge in [0.25, 0.3) is 0 Å². The molecule has 16 heavy (non-hydrogen) atoms. The largest absolute Gasteiger partial charge is 0.393 e. The molecule has 4 N–H and O–H groups in total. The van der Waals surface area contributed by atoms with E-state index in [9.17, 15) is 14.9 Å². The smallest absolute Gasteiger partial charge is 0.314 e. The van der Waals surface area contributed by atoms with Crippen LogP contribution < -0.4 is 16.4 Å². The Labute approximate surface area is 91.8 Å². The number of hydrogen-bond acceptors (Lipinski definition) is 5. The van der Waals surface area contributed by atoms with Crippen LogP contribution in [-0.4, -0.2) is 24.4 Å². The zero-order valence-corrected chi connectivity index (χ0v) is 8.69. The number of nitrogens with two attached hydrogens (primary N) is 1. The number of likely N-dealkylation sites (N-methyl/N-ethyl adjacent to an activating group) is 1. The van der Waals surface area contributed by atoms with Crippen molar-refractivity contribution >= 4 is 23.0 Å². The summed E-state index contributed by atoms with van der Waals surface area (Å²) in [6.07, 6.45) is 0. The maximum atomic E-state index is 11.0. The molecule has 0 aliphatic rings. The molecule has 1 rings (SSSR count). The van der Waals surface area contributed by atoms with Crippen LogP contribution in [-0.2, 0) is 4.79 Å². The molecule has 0 fully saturated rings. The van der Waals surface area contributed by atoms with Gasteiger partial charge < -0.3 is 16.4 Å². The number of amides is 1. The van der Waals surface area contributed by atoms with E-state index in [2.05, 4.69) is 10.6 Å². The van der Waals surface area contributed by atoms with Crippen molar-refractivity contribution in [1.82, 2.24) is 5.32 Å². The zero-order valence-electron chi connectivity index (χ0n) is 8.69. The highest BCUT2D eigenvalue weighted by Crippen LogP contribution is 2.29. The minimum atomic E-state index is -0.582. The number of nitrogens with one attached hydrogen (secondary N) is 2. The molecule has 0 unspecified atom stereocenters. The van der Waals surface area contributed by atoms with Crippen LogP contribution in [0.15, 0.2) is 18.2 Å². The van der Waals surface area contributed by atoms with Gasteiger partial charge >= 0.3 is 5.69 Å². The number of para-hydroxylation sites is 1. The van der Waals surface area contributed by atoms with Gasteiger partial charge in [-0.3, -0.25) is 14.9 Å². The molecule has 7 nitrogen and oxygen atoms in total. The van der Waals surface area contributed by atoms with Gasteiger partial charge in [0.15, 0.2) is 0 Å². The molecule has 0 aromatic heterocycles. The summed E-state index contributed by atoms with van der Waals surface area (Å²) in [6.45, 7) is -0.0409. The Bertz CT molecular complexity index is 419. The summed E-state index contributed by atoms with van der Waals surface area (Å²) in [5.41, 5.74) is 5.55. The second-order valence-electron chi connectivity index (χ2n) is 3.03. The third kappa shape index (κ3) is 2.59. The second-order valence-corrected chi connectivity index (χ2v) is 3.03. The average Bonchev–Trinajstić information content (AvgIpc) is 2.25. The summed E-state index contributed by atoms with van der Waals surface area (Å²) >= 11 is 0. The maximum absolute atomic E-state index is 11.0. The van der Waals surface area contributed by atoms with E-state index in [1.54, 1.807) is 6.07 Å². The van der Waals surface area contributed by atoms with Crippen LogP contribution in [0.3, 0.4) is 0 Å². The second kappa shape index (κ2) is 4.96. The van der Waals surface area contributed by atoms with E-state index in [4.69, 9.17) is 5.73 Å². The zero-order chi connectivity index (χ0) is 12.1. The summed E-state index contributed by atoms with van der Waals surface area (Å²) in [5.74, 6) is -0.267. The fourth-order valence-corrected chi connectivity index (χ4v) is 1.17. The van der Waals surface area contributed by atoms with Gasteiger partial charge in [0.2, 0.25) is 5.91 Å². The van der Waals surface area contributed by atoms with Crippen LogP contribution in [0.25, 0.3) is 0 Å². The van der Waals surface area contributed by atoms with E-state index in [1.165, 1.54) is 19.2 Å². The number of carbonyl (C=O) groups excluding carboxylic acids is 1. The van der Waals surface area contributed by atoms with Gasteiger partial charge in [-0.2, -0.15) is 0 Å². The number of nitro groups is 1. The summed E-state index contributed by atoms with van der Waals surface area (Å²) < 4.78 is 0. The molecule has 0 aliphatic carbocycles. The summed E-state index contributed by atoms with van der Waals surface area (Å²) in [5, 5.41) is 15.8.